The van der Waals surface area contributed by atoms with Crippen molar-refractivity contribution in [1.82, 2.24) is 0 Å². The number of carbonyl (C=O) groups is 2. The normalized spacial score (nSPS) is 10.9. The summed E-state index contributed by atoms with van der Waals surface area (Å²) in [5.41, 5.74) is 0.572. The number of amides is 1. The zero-order valence-corrected chi connectivity index (χ0v) is 14.4. The number of nitriles is 1. The number of rotatable bonds is 6. The molecule has 27 heavy (non-hydrogen) atoms. The molecule has 0 aliphatic rings. The first-order chi connectivity index (χ1) is 12.7. The third-order valence-electron chi connectivity index (χ3n) is 3.26. The summed E-state index contributed by atoms with van der Waals surface area (Å²) in [6, 6.07) is 11.7. The zero-order chi connectivity index (χ0) is 20.0. The van der Waals surface area contributed by atoms with Gasteiger partial charge in [-0.25, -0.2) is 13.2 Å². The van der Waals surface area contributed by atoms with Gasteiger partial charge in [0.1, 0.15) is 0 Å². The molecule has 0 aliphatic heterocycles. The summed E-state index contributed by atoms with van der Waals surface area (Å²) in [5, 5.41) is 11.2. The molecule has 0 bridgehead atoms. The highest BCUT2D eigenvalue weighted by Gasteiger charge is 2.26. The van der Waals surface area contributed by atoms with Crippen LogP contribution in [-0.4, -0.2) is 32.7 Å². The van der Waals surface area contributed by atoms with Crippen molar-refractivity contribution in [3.63, 3.8) is 0 Å². The molecule has 2 rings (SSSR count). The lowest BCUT2D eigenvalue weighted by molar-refractivity contribution is -0.119. The van der Waals surface area contributed by atoms with Gasteiger partial charge in [-0.3, -0.25) is 4.79 Å². The lowest BCUT2D eigenvalue weighted by Crippen LogP contribution is -2.21. The average Bonchev–Trinajstić information content (AvgIpc) is 2.66. The Kier molecular flexibility index (Phi) is 6.20. The quantitative estimate of drug-likeness (QED) is 0.753. The first-order valence-corrected chi connectivity index (χ1v) is 8.88. The predicted molar refractivity (Wildman–Crippen MR) is 89.7 cm³/mol. The molecule has 0 radical (unpaired) electrons. The van der Waals surface area contributed by atoms with Gasteiger partial charge < -0.3 is 10.1 Å². The molecule has 2 aromatic rings. The van der Waals surface area contributed by atoms with E-state index in [1.54, 1.807) is 18.2 Å². The van der Waals surface area contributed by atoms with E-state index in [0.29, 0.717) is 11.3 Å². The fourth-order valence-corrected chi connectivity index (χ4v) is 2.68. The second kappa shape index (κ2) is 8.37. The van der Waals surface area contributed by atoms with Crippen molar-refractivity contribution in [2.24, 2.45) is 0 Å². The highest BCUT2D eigenvalue weighted by molar-refractivity contribution is 7.91. The van der Waals surface area contributed by atoms with Crippen molar-refractivity contribution >= 4 is 27.4 Å². The number of sulfone groups is 1. The summed E-state index contributed by atoms with van der Waals surface area (Å²) >= 11 is 0. The van der Waals surface area contributed by atoms with Gasteiger partial charge in [0.15, 0.2) is 6.61 Å². The van der Waals surface area contributed by atoms with Crippen LogP contribution in [0, 0.1) is 11.3 Å². The van der Waals surface area contributed by atoms with Gasteiger partial charge in [-0.1, -0.05) is 6.07 Å². The second-order valence-corrected chi connectivity index (χ2v) is 7.06. The number of nitrogens with zero attached hydrogens (tertiary/aromatic N) is 1. The average molecular weight is 394 g/mol. The van der Waals surface area contributed by atoms with E-state index in [4.69, 9.17) is 10.00 Å². The predicted octanol–water partition coefficient (Wildman–Crippen LogP) is 2.35. The number of benzene rings is 2. The smallest absolute Gasteiger partial charge is 0.341 e. The molecular weight excluding hydrogens is 382 g/mol. The van der Waals surface area contributed by atoms with E-state index in [1.807, 2.05) is 6.07 Å². The van der Waals surface area contributed by atoms with Crippen LogP contribution in [0.2, 0.25) is 0 Å². The largest absolute Gasteiger partial charge is 0.452 e. The number of hydrogen-bond donors (Lipinski definition) is 1. The third kappa shape index (κ3) is 5.08. The summed E-state index contributed by atoms with van der Waals surface area (Å²) in [6.45, 7) is -0.632. The Hall–Kier alpha value is -3.32. The number of nitrogens with one attached hydrogen (secondary N) is 1. The maximum atomic E-state index is 12.5. The fourth-order valence-electron chi connectivity index (χ4n) is 1.96. The summed E-state index contributed by atoms with van der Waals surface area (Å²) in [4.78, 5) is 23.0. The van der Waals surface area contributed by atoms with Crippen LogP contribution in [0.25, 0.3) is 0 Å². The van der Waals surface area contributed by atoms with Crippen molar-refractivity contribution in [2.75, 3.05) is 11.9 Å². The van der Waals surface area contributed by atoms with Gasteiger partial charge in [-0.05, 0) is 42.5 Å². The van der Waals surface area contributed by atoms with Crippen LogP contribution in [0.1, 0.15) is 15.9 Å². The molecule has 0 heterocycles. The monoisotopic (exact) mass is 394 g/mol. The molecular formula is C17H12F2N2O5S. The van der Waals surface area contributed by atoms with Gasteiger partial charge >= 0.3 is 11.7 Å². The van der Waals surface area contributed by atoms with E-state index < -0.39 is 39.0 Å². The zero-order valence-electron chi connectivity index (χ0n) is 13.6. The summed E-state index contributed by atoms with van der Waals surface area (Å²) in [5.74, 6) is -5.16. The Morgan fingerprint density at radius 3 is 2.41 bits per heavy atom. The van der Waals surface area contributed by atoms with Crippen LogP contribution in [0.5, 0.6) is 0 Å². The Morgan fingerprint density at radius 1 is 1.15 bits per heavy atom. The Bertz CT molecular complexity index is 999. The van der Waals surface area contributed by atoms with Gasteiger partial charge in [0.25, 0.3) is 5.91 Å². The summed E-state index contributed by atoms with van der Waals surface area (Å²) in [7, 11) is -4.76. The van der Waals surface area contributed by atoms with Crippen molar-refractivity contribution in [2.45, 2.75) is 10.7 Å². The van der Waals surface area contributed by atoms with Crippen LogP contribution in [-0.2, 0) is 19.4 Å². The summed E-state index contributed by atoms with van der Waals surface area (Å²) < 4.78 is 52.3. The van der Waals surface area contributed by atoms with E-state index in [-0.39, 0.29) is 5.56 Å². The number of anilines is 1. The van der Waals surface area contributed by atoms with Crippen molar-refractivity contribution in [3.05, 3.63) is 59.7 Å². The molecule has 1 amide bonds. The number of carbonyl (C=O) groups excluding carboxylic acids is 2. The Morgan fingerprint density at radius 2 is 1.81 bits per heavy atom. The first kappa shape index (κ1) is 20.0. The molecule has 2 aromatic carbocycles. The standard InChI is InChI=1S/C17H12F2N2O5S/c18-17(19)27(24,25)14-6-4-12(5-7-14)16(23)26-10-15(22)21-13-3-1-2-11(8-13)9-20/h1-8,17H,10H2,(H,21,22). The van der Waals surface area contributed by atoms with Gasteiger partial charge in [0.05, 0.1) is 22.1 Å². The molecule has 7 nitrogen and oxygen atoms in total. The number of ether oxygens (including phenoxy) is 1. The molecule has 0 unspecified atom stereocenters. The van der Waals surface area contributed by atoms with Gasteiger partial charge in [-0.15, -0.1) is 0 Å². The number of alkyl halides is 2. The molecule has 0 spiro atoms. The van der Waals surface area contributed by atoms with Crippen LogP contribution in [0.4, 0.5) is 14.5 Å². The molecule has 0 aromatic heterocycles. The van der Waals surface area contributed by atoms with Gasteiger partial charge in [0.2, 0.25) is 9.84 Å². The van der Waals surface area contributed by atoms with Crippen LogP contribution >= 0.6 is 0 Å². The maximum absolute atomic E-state index is 12.5. The maximum Gasteiger partial charge on any atom is 0.341 e. The topological polar surface area (TPSA) is 113 Å². The van der Waals surface area contributed by atoms with E-state index in [2.05, 4.69) is 5.32 Å². The number of hydrogen-bond acceptors (Lipinski definition) is 6. The number of esters is 1. The highest BCUT2D eigenvalue weighted by atomic mass is 32.2. The van der Waals surface area contributed by atoms with E-state index in [0.717, 1.165) is 24.3 Å². The van der Waals surface area contributed by atoms with Crippen LogP contribution in [0.15, 0.2) is 53.4 Å². The second-order valence-electron chi connectivity index (χ2n) is 5.15. The van der Waals surface area contributed by atoms with Crippen LogP contribution < -0.4 is 5.32 Å². The first-order valence-electron chi connectivity index (χ1n) is 7.33. The van der Waals surface area contributed by atoms with E-state index in [1.165, 1.54) is 6.07 Å². The molecule has 10 heteroatoms. The lowest BCUT2D eigenvalue weighted by Gasteiger charge is -2.07. The van der Waals surface area contributed by atoms with Crippen LogP contribution in [0.3, 0.4) is 0 Å². The van der Waals surface area contributed by atoms with Gasteiger partial charge in [0, 0.05) is 5.69 Å². The fraction of sp³-hybridized carbons (Fsp3) is 0.118. The number of halogens is 2. The molecule has 140 valence electrons. The molecule has 1 N–H and O–H groups in total. The minimum Gasteiger partial charge on any atom is -0.452 e. The van der Waals surface area contributed by atoms with Crippen molar-refractivity contribution in [1.29, 1.82) is 5.26 Å². The van der Waals surface area contributed by atoms with Gasteiger partial charge in [-0.2, -0.15) is 14.0 Å². The minimum atomic E-state index is -4.76. The molecule has 0 aliphatic carbocycles. The van der Waals surface area contributed by atoms with E-state index >= 15 is 0 Å². The molecule has 0 atom stereocenters. The van der Waals surface area contributed by atoms with Crippen molar-refractivity contribution < 1.29 is 31.5 Å². The SMILES string of the molecule is N#Cc1cccc(NC(=O)COC(=O)c2ccc(S(=O)(=O)C(F)F)cc2)c1. The molecule has 0 saturated carbocycles. The van der Waals surface area contributed by atoms with E-state index in [9.17, 15) is 26.8 Å². The molecule has 0 saturated heterocycles. The minimum absolute atomic E-state index is 0.109. The Labute approximate surface area is 153 Å². The van der Waals surface area contributed by atoms with Crippen molar-refractivity contribution in [3.8, 4) is 6.07 Å². The Balaban J connectivity index is 1.95. The third-order valence-corrected chi connectivity index (χ3v) is 4.66. The lowest BCUT2D eigenvalue weighted by atomic mass is 10.2. The highest BCUT2D eigenvalue weighted by Crippen LogP contribution is 2.19. The summed E-state index contributed by atoms with van der Waals surface area (Å²) in [6.07, 6.45) is 0. The molecule has 0 fully saturated rings.